The van der Waals surface area contributed by atoms with Crippen molar-refractivity contribution in [2.24, 2.45) is 28.8 Å². The third-order valence-corrected chi connectivity index (χ3v) is 14.8. The number of unbranched alkanes of at least 4 members (excludes halogenated alkanes) is 2. The van der Waals surface area contributed by atoms with Gasteiger partial charge < -0.3 is 48.7 Å². The number of nitrogens with zero attached hydrogens (tertiary/aromatic N) is 2. The number of carbonyl (C=O) groups is 1. The van der Waals surface area contributed by atoms with Crippen LogP contribution in [-0.2, 0) is 23.8 Å². The maximum atomic E-state index is 15.0. The van der Waals surface area contributed by atoms with E-state index in [0.717, 1.165) is 91.7 Å². The normalized spacial score (nSPS) is 27.0. The summed E-state index contributed by atoms with van der Waals surface area (Å²) in [6.07, 6.45) is 19.3. The number of hydrogen-bond acceptors (Lipinski definition) is 12. The van der Waals surface area contributed by atoms with E-state index in [1.54, 1.807) is 17.8 Å². The van der Waals surface area contributed by atoms with Gasteiger partial charge in [-0.25, -0.2) is 0 Å². The Morgan fingerprint density at radius 3 is 2.42 bits per heavy atom. The summed E-state index contributed by atoms with van der Waals surface area (Å²) in [6.45, 7) is 5.63. The lowest BCUT2D eigenvalue weighted by Crippen LogP contribution is -2.70. The van der Waals surface area contributed by atoms with Crippen LogP contribution in [0.4, 0.5) is 0 Å². The van der Waals surface area contributed by atoms with E-state index in [9.17, 15) is 20.1 Å². The molecule has 3 fully saturated rings. The number of fused-ring (bicyclic) bond motifs is 2. The van der Waals surface area contributed by atoms with Crippen molar-refractivity contribution in [3.63, 3.8) is 0 Å². The summed E-state index contributed by atoms with van der Waals surface area (Å²) in [4.78, 5) is 24.4. The number of oxime groups is 1. The van der Waals surface area contributed by atoms with Crippen LogP contribution in [0.1, 0.15) is 114 Å². The lowest BCUT2D eigenvalue weighted by molar-refractivity contribution is -0.258. The minimum absolute atomic E-state index is 0.00811. The molecule has 7 rings (SSSR count). The van der Waals surface area contributed by atoms with E-state index in [-0.39, 0.29) is 69.8 Å². The van der Waals surface area contributed by atoms with Crippen LogP contribution < -0.4 is 9.47 Å². The van der Waals surface area contributed by atoms with Crippen LogP contribution in [0.15, 0.2) is 76.8 Å². The Bertz CT molecular complexity index is 1850. The standard InChI is InChI=1S/C51H72N2O10S/c1-3-29-60-51-46(53(25-31-58-32-28-56)47(57)24-17-36-12-4-5-13-36)35-44(52-63-48-16-8-11-30-59-48)42-33-37(14-6-9-26-54)41(15-7-10-27-55)49(50(42)51)43-34-39(20-23-45(43)62-51)61-38-18-21-40(64-2)22-19-38/h3,18-23,33-34,36-37,41,46,48-50,54-56H,1,4-17,24-32,35H2,2H3. The number of hydrogen-bond donors (Lipinski definition) is 3. The molecule has 64 heavy (non-hydrogen) atoms. The van der Waals surface area contributed by atoms with E-state index in [4.69, 9.17) is 33.7 Å². The van der Waals surface area contributed by atoms with Crippen molar-refractivity contribution >= 4 is 23.4 Å². The van der Waals surface area contributed by atoms with Gasteiger partial charge in [-0.1, -0.05) is 55.8 Å². The fraction of sp³-hybridized carbons (Fsp3) is 0.647. The van der Waals surface area contributed by atoms with E-state index < -0.39 is 24.0 Å². The molecule has 0 aromatic heterocycles. The summed E-state index contributed by atoms with van der Waals surface area (Å²) in [5.41, 5.74) is 2.72. The summed E-state index contributed by atoms with van der Waals surface area (Å²) in [7, 11) is 0. The molecule has 13 heteroatoms. The predicted octanol–water partition coefficient (Wildman–Crippen LogP) is 9.17. The summed E-state index contributed by atoms with van der Waals surface area (Å²) in [5, 5.41) is 34.7. The van der Waals surface area contributed by atoms with Crippen molar-refractivity contribution in [2.75, 3.05) is 59.0 Å². The van der Waals surface area contributed by atoms with E-state index in [0.29, 0.717) is 49.7 Å². The summed E-state index contributed by atoms with van der Waals surface area (Å²) >= 11 is 1.68. The second-order valence-corrected chi connectivity index (χ2v) is 18.9. The highest BCUT2D eigenvalue weighted by Crippen LogP contribution is 2.62. The molecule has 0 bridgehead atoms. The van der Waals surface area contributed by atoms with E-state index >= 15 is 0 Å². The van der Waals surface area contributed by atoms with Crippen molar-refractivity contribution in [1.82, 2.24) is 4.90 Å². The third-order valence-electron chi connectivity index (χ3n) is 14.0. The molecule has 3 N–H and O–H groups in total. The van der Waals surface area contributed by atoms with Crippen molar-refractivity contribution in [2.45, 2.75) is 132 Å². The Morgan fingerprint density at radius 2 is 1.70 bits per heavy atom. The molecule has 5 aliphatic rings. The average Bonchev–Trinajstić information content (AvgIpc) is 3.85. The number of amides is 1. The largest absolute Gasteiger partial charge is 0.459 e. The van der Waals surface area contributed by atoms with Crippen LogP contribution in [0, 0.1) is 23.7 Å². The molecule has 2 saturated carbocycles. The molecule has 1 amide bonds. The van der Waals surface area contributed by atoms with Gasteiger partial charge in [-0.2, -0.15) is 0 Å². The van der Waals surface area contributed by atoms with Gasteiger partial charge in [-0.3, -0.25) is 4.79 Å². The Labute approximate surface area is 384 Å². The Kier molecular flexibility index (Phi) is 18.5. The molecular weight excluding hydrogens is 833 g/mol. The first kappa shape index (κ1) is 48.5. The van der Waals surface area contributed by atoms with Gasteiger partial charge in [0.05, 0.1) is 44.7 Å². The lowest BCUT2D eigenvalue weighted by Gasteiger charge is -2.60. The number of carbonyl (C=O) groups excluding carboxylic acids is 1. The van der Waals surface area contributed by atoms with Crippen LogP contribution in [0.3, 0.4) is 0 Å². The molecule has 352 valence electrons. The monoisotopic (exact) mass is 904 g/mol. The van der Waals surface area contributed by atoms with Crippen LogP contribution in [0.5, 0.6) is 17.2 Å². The first-order valence-electron chi connectivity index (χ1n) is 24.1. The summed E-state index contributed by atoms with van der Waals surface area (Å²) in [5.74, 6) is 0.779. The fourth-order valence-corrected chi connectivity index (χ4v) is 11.4. The zero-order valence-electron chi connectivity index (χ0n) is 37.9. The van der Waals surface area contributed by atoms with Gasteiger partial charge in [0.2, 0.25) is 18.0 Å². The molecule has 2 aromatic rings. The number of allylic oxidation sites excluding steroid dienone is 1. The number of aliphatic hydroxyl groups is 3. The van der Waals surface area contributed by atoms with Crippen molar-refractivity contribution in [3.05, 3.63) is 72.3 Å². The minimum Gasteiger partial charge on any atom is -0.459 e. The maximum absolute atomic E-state index is 15.0. The van der Waals surface area contributed by atoms with Crippen LogP contribution in [0.2, 0.25) is 0 Å². The highest BCUT2D eigenvalue weighted by molar-refractivity contribution is 7.98. The summed E-state index contributed by atoms with van der Waals surface area (Å²) < 4.78 is 33.1. The number of aliphatic hydroxyl groups excluding tert-OH is 3. The highest BCUT2D eigenvalue weighted by Gasteiger charge is 2.65. The van der Waals surface area contributed by atoms with Crippen molar-refractivity contribution in [1.29, 1.82) is 0 Å². The van der Waals surface area contributed by atoms with Crippen LogP contribution >= 0.6 is 11.8 Å². The topological polar surface area (TPSA) is 149 Å². The highest BCUT2D eigenvalue weighted by atomic mass is 32.2. The van der Waals surface area contributed by atoms with Gasteiger partial charge in [0, 0.05) is 55.4 Å². The number of benzene rings is 2. The summed E-state index contributed by atoms with van der Waals surface area (Å²) in [6, 6.07) is 13.5. The zero-order chi connectivity index (χ0) is 44.7. The maximum Gasteiger partial charge on any atom is 0.239 e. The second kappa shape index (κ2) is 24.4. The molecule has 2 heterocycles. The molecule has 12 nitrogen and oxygen atoms in total. The molecule has 7 atom stereocenters. The molecular formula is C51H72N2O10S. The first-order valence-corrected chi connectivity index (χ1v) is 25.3. The number of thioether (sulfide) groups is 1. The van der Waals surface area contributed by atoms with Gasteiger partial charge in [-0.05, 0) is 117 Å². The minimum atomic E-state index is -1.38. The van der Waals surface area contributed by atoms with E-state index in [1.807, 2.05) is 29.2 Å². The molecule has 7 unspecified atom stereocenters. The fourth-order valence-electron chi connectivity index (χ4n) is 11.0. The SMILES string of the molecule is C=CCOC12Oc3ccc(Oc4ccc(SC)cc4)cc3C3C(CCCCO)C(CCCCO)C=C(C(=NOC4CCCCO4)CC1N(CCOCCO)C(=O)CCC1CCCC1)C32. The van der Waals surface area contributed by atoms with Gasteiger partial charge in [0.1, 0.15) is 23.3 Å². The Balaban J connectivity index is 1.40. The van der Waals surface area contributed by atoms with Crippen LogP contribution in [-0.4, -0.2) is 109 Å². The van der Waals surface area contributed by atoms with Crippen molar-refractivity contribution in [3.8, 4) is 17.2 Å². The Hall–Kier alpha value is -3.43. The average molecular weight is 905 g/mol. The second-order valence-electron chi connectivity index (χ2n) is 18.1. The number of ether oxygens (including phenoxy) is 5. The quantitative estimate of drug-likeness (QED) is 0.0379. The van der Waals surface area contributed by atoms with Gasteiger partial charge in [-0.15, -0.1) is 18.3 Å². The van der Waals surface area contributed by atoms with Crippen molar-refractivity contribution < 1.29 is 48.6 Å². The molecule has 0 radical (unpaired) electrons. The number of rotatable bonds is 25. The zero-order valence-corrected chi connectivity index (χ0v) is 38.7. The molecule has 3 aliphatic carbocycles. The molecule has 2 aromatic carbocycles. The smallest absolute Gasteiger partial charge is 0.239 e. The molecule has 1 saturated heterocycles. The first-order chi connectivity index (χ1) is 31.4. The molecule has 0 spiro atoms. The third kappa shape index (κ3) is 11.7. The molecule has 2 aliphatic heterocycles. The Morgan fingerprint density at radius 1 is 0.938 bits per heavy atom. The van der Waals surface area contributed by atoms with Gasteiger partial charge in [0.25, 0.3) is 0 Å². The van der Waals surface area contributed by atoms with Crippen LogP contribution in [0.25, 0.3) is 0 Å². The van der Waals surface area contributed by atoms with E-state index in [1.165, 1.54) is 12.8 Å². The van der Waals surface area contributed by atoms with E-state index in [2.05, 4.69) is 37.1 Å². The predicted molar refractivity (Wildman–Crippen MR) is 249 cm³/mol. The van der Waals surface area contributed by atoms with Gasteiger partial charge in [0.15, 0.2) is 0 Å². The van der Waals surface area contributed by atoms with Gasteiger partial charge >= 0.3 is 0 Å². The lowest BCUT2D eigenvalue weighted by atomic mass is 9.55.